The van der Waals surface area contributed by atoms with Crippen molar-refractivity contribution in [1.82, 2.24) is 29.6 Å². The number of piperidine rings is 2. The molecular weight excluding hydrogens is 578 g/mol. The van der Waals surface area contributed by atoms with Crippen molar-refractivity contribution >= 4 is 68.4 Å². The highest BCUT2D eigenvalue weighted by Crippen LogP contribution is 2.33. The normalized spacial score (nSPS) is 20.7. The summed E-state index contributed by atoms with van der Waals surface area (Å²) in [6, 6.07) is 14.7. The average Bonchev–Trinajstić information content (AvgIpc) is 3.54. The Bertz CT molecular complexity index is 1910. The Balaban J connectivity index is 1.03. The minimum atomic E-state index is -0.419. The zero-order valence-electron chi connectivity index (χ0n) is 24.8. The van der Waals surface area contributed by atoms with Crippen molar-refractivity contribution in [2.45, 2.75) is 38.1 Å². The lowest BCUT2D eigenvalue weighted by Gasteiger charge is -2.37. The number of rotatable bonds is 6. The number of benzene rings is 2. The van der Waals surface area contributed by atoms with Crippen molar-refractivity contribution in [1.29, 1.82) is 0 Å². The molecule has 2 aliphatic heterocycles. The Morgan fingerprint density at radius 2 is 1.84 bits per heavy atom. The second-order valence-corrected chi connectivity index (χ2v) is 12.3. The maximum Gasteiger partial charge on any atom is 0.235 e. The predicted octanol–water partition coefficient (Wildman–Crippen LogP) is 5.10. The molecule has 0 saturated carbocycles. The number of hydrogen-bond donors (Lipinski definition) is 3. The number of carbonyl (C=O) groups excluding carboxylic acids is 2. The zero-order chi connectivity index (χ0) is 30.5. The molecular formula is C32H34ClN9O2. The molecule has 0 bridgehead atoms. The summed E-state index contributed by atoms with van der Waals surface area (Å²) in [4.78, 5) is 35.7. The van der Waals surface area contributed by atoms with Gasteiger partial charge in [-0.25, -0.2) is 4.98 Å². The van der Waals surface area contributed by atoms with Crippen molar-refractivity contribution in [3.05, 3.63) is 65.6 Å². The molecule has 226 valence electrons. The van der Waals surface area contributed by atoms with Gasteiger partial charge in [-0.3, -0.25) is 19.6 Å². The molecule has 0 aliphatic carbocycles. The minimum Gasteiger partial charge on any atom is -0.382 e. The quantitative estimate of drug-likeness (QED) is 0.227. The second kappa shape index (κ2) is 11.1. The van der Waals surface area contributed by atoms with Crippen molar-refractivity contribution in [3.63, 3.8) is 0 Å². The van der Waals surface area contributed by atoms with Crippen LogP contribution in [0.3, 0.4) is 0 Å². The van der Waals surface area contributed by atoms with Gasteiger partial charge in [-0.05, 0) is 60.5 Å². The molecule has 2 aromatic carbocycles. The minimum absolute atomic E-state index is 0.223. The number of nitrogens with zero attached hydrogens (tertiary/aromatic N) is 6. The van der Waals surface area contributed by atoms with Gasteiger partial charge in [0.05, 0.1) is 23.3 Å². The summed E-state index contributed by atoms with van der Waals surface area (Å²) in [5, 5.41) is 16.8. The molecule has 12 heteroatoms. The number of anilines is 4. The van der Waals surface area contributed by atoms with E-state index in [1.165, 1.54) is 5.39 Å². The summed E-state index contributed by atoms with van der Waals surface area (Å²) in [7, 11) is 3.91. The van der Waals surface area contributed by atoms with Gasteiger partial charge in [0.15, 0.2) is 5.82 Å². The Kier molecular flexibility index (Phi) is 7.12. The molecule has 1 unspecified atom stereocenters. The Labute approximate surface area is 259 Å². The number of nitrogens with one attached hydrogen (secondary N) is 3. The van der Waals surface area contributed by atoms with Crippen molar-refractivity contribution in [3.8, 4) is 0 Å². The van der Waals surface area contributed by atoms with E-state index in [4.69, 9.17) is 16.6 Å². The molecule has 2 aliphatic rings. The largest absolute Gasteiger partial charge is 0.382 e. The van der Waals surface area contributed by atoms with Crippen LogP contribution < -0.4 is 20.9 Å². The molecule has 0 radical (unpaired) electrons. The number of hydrogen-bond acceptors (Lipinski definition) is 8. The van der Waals surface area contributed by atoms with Crippen LogP contribution in [0.25, 0.3) is 21.8 Å². The molecule has 3 atom stereocenters. The van der Waals surface area contributed by atoms with Gasteiger partial charge in [0.25, 0.3) is 0 Å². The zero-order valence-corrected chi connectivity index (χ0v) is 25.6. The van der Waals surface area contributed by atoms with Crippen LogP contribution in [0, 0.1) is 5.92 Å². The van der Waals surface area contributed by atoms with Crippen LogP contribution in [0.4, 0.5) is 23.1 Å². The third-order valence-electron chi connectivity index (χ3n) is 8.87. The Morgan fingerprint density at radius 3 is 2.66 bits per heavy atom. The summed E-state index contributed by atoms with van der Waals surface area (Å²) in [5.74, 6) is 0.640. The first-order valence-corrected chi connectivity index (χ1v) is 15.3. The monoisotopic (exact) mass is 611 g/mol. The number of halogens is 1. The smallest absolute Gasteiger partial charge is 0.235 e. The first-order chi connectivity index (χ1) is 21.2. The van der Waals surface area contributed by atoms with Crippen LogP contribution in [-0.2, 0) is 23.7 Å². The molecule has 44 heavy (non-hydrogen) atoms. The highest BCUT2D eigenvalue weighted by Gasteiger charge is 2.32. The molecule has 2 saturated heterocycles. The fourth-order valence-electron chi connectivity index (χ4n) is 6.42. The molecule has 2 amide bonds. The molecule has 3 aromatic heterocycles. The molecule has 3 N–H and O–H groups in total. The van der Waals surface area contributed by atoms with Gasteiger partial charge in [-0.15, -0.1) is 0 Å². The van der Waals surface area contributed by atoms with E-state index in [2.05, 4.69) is 66.7 Å². The fraction of sp³-hybridized carbons (Fsp3) is 0.344. The third-order valence-corrected chi connectivity index (χ3v) is 9.15. The highest BCUT2D eigenvalue weighted by atomic mass is 35.5. The number of fused-ring (bicyclic) bond motifs is 2. The van der Waals surface area contributed by atoms with Crippen LogP contribution >= 0.6 is 11.6 Å². The summed E-state index contributed by atoms with van der Waals surface area (Å²) < 4.78 is 3.90. The van der Waals surface area contributed by atoms with E-state index in [1.807, 2.05) is 43.2 Å². The van der Waals surface area contributed by atoms with Crippen molar-refractivity contribution < 1.29 is 9.59 Å². The number of imide groups is 1. The predicted molar refractivity (Wildman–Crippen MR) is 172 cm³/mol. The summed E-state index contributed by atoms with van der Waals surface area (Å²) in [6.45, 7) is 3.82. The third kappa shape index (κ3) is 5.21. The van der Waals surface area contributed by atoms with Gasteiger partial charge >= 0.3 is 0 Å². The first-order valence-electron chi connectivity index (χ1n) is 14.9. The Hall–Kier alpha value is -4.64. The van der Waals surface area contributed by atoms with Gasteiger partial charge in [0, 0.05) is 68.1 Å². The van der Waals surface area contributed by atoms with E-state index in [0.29, 0.717) is 35.5 Å². The van der Waals surface area contributed by atoms with Crippen LogP contribution in [0.5, 0.6) is 0 Å². The second-order valence-electron chi connectivity index (χ2n) is 11.9. The fourth-order valence-corrected chi connectivity index (χ4v) is 6.56. The lowest BCUT2D eigenvalue weighted by atomic mass is 9.92. The number of aromatic nitrogens is 5. The van der Waals surface area contributed by atoms with Crippen LogP contribution in [-0.4, -0.2) is 55.3 Å². The van der Waals surface area contributed by atoms with Gasteiger partial charge in [-0.1, -0.05) is 24.6 Å². The average molecular weight is 612 g/mol. The summed E-state index contributed by atoms with van der Waals surface area (Å²) in [5.41, 5.74) is 4.71. The molecule has 0 spiro atoms. The van der Waals surface area contributed by atoms with Gasteiger partial charge in [0.1, 0.15) is 5.02 Å². The van der Waals surface area contributed by atoms with Gasteiger partial charge in [-0.2, -0.15) is 10.1 Å². The molecule has 7 rings (SSSR count). The van der Waals surface area contributed by atoms with Crippen LogP contribution in [0.15, 0.2) is 54.9 Å². The number of aryl methyl sites for hydroxylation is 2. The molecule has 5 aromatic rings. The highest BCUT2D eigenvalue weighted by molar-refractivity contribution is 6.32. The van der Waals surface area contributed by atoms with E-state index >= 15 is 0 Å². The Morgan fingerprint density at radius 1 is 1.02 bits per heavy atom. The molecule has 11 nitrogen and oxygen atoms in total. The standard InChI is InChI=1S/C32H34ClN9O2/c1-18-17-42(32-34-16-24(33)30(38-32)36-21-5-4-19-10-12-40(2)26(19)14-21)13-11-25(18)35-20-6-7-22-27(15-20)41(3)39-29(22)23-8-9-28(43)37-31(23)44/h4-7,10,12,14-16,18,23,25,35H,8-9,11,13,17H2,1-3H3,(H,34,36,38)(H,37,43,44)/t18-,23?,25-/m1/s1. The van der Waals surface area contributed by atoms with E-state index in [9.17, 15) is 9.59 Å². The van der Waals surface area contributed by atoms with E-state index in [1.54, 1.807) is 6.20 Å². The maximum atomic E-state index is 12.5. The van der Waals surface area contributed by atoms with Gasteiger partial charge in [0.2, 0.25) is 17.8 Å². The lowest BCUT2D eigenvalue weighted by molar-refractivity contribution is -0.134. The van der Waals surface area contributed by atoms with E-state index < -0.39 is 5.92 Å². The van der Waals surface area contributed by atoms with Crippen LogP contribution in [0.2, 0.25) is 5.02 Å². The maximum absolute atomic E-state index is 12.5. The van der Waals surface area contributed by atoms with Crippen LogP contribution in [0.1, 0.15) is 37.8 Å². The van der Waals surface area contributed by atoms with Crippen molar-refractivity contribution in [2.75, 3.05) is 28.6 Å². The lowest BCUT2D eigenvalue weighted by Crippen LogP contribution is -2.46. The summed E-state index contributed by atoms with van der Waals surface area (Å²) in [6.07, 6.45) is 5.42. The number of carbonyl (C=O) groups is 2. The molecule has 2 fully saturated rings. The SMILES string of the molecule is C[C@@H]1CN(c2ncc(Cl)c(Nc3ccc4ccn(C)c4c3)n2)CC[C@H]1Nc1ccc2c(C3CCC(=O)NC3=O)nn(C)c2c1. The topological polar surface area (TPSA) is 122 Å². The molecule has 5 heterocycles. The number of amides is 2. The van der Waals surface area contributed by atoms with Crippen molar-refractivity contribution in [2.24, 2.45) is 20.0 Å². The summed E-state index contributed by atoms with van der Waals surface area (Å²) >= 11 is 6.51. The van der Waals surface area contributed by atoms with E-state index in [-0.39, 0.29) is 17.9 Å². The van der Waals surface area contributed by atoms with Gasteiger partial charge < -0.3 is 20.1 Å². The van der Waals surface area contributed by atoms with E-state index in [0.717, 1.165) is 53.0 Å². The first kappa shape index (κ1) is 28.1.